The number of hydrogen-bond donors (Lipinski definition) is 1. The molecule has 0 amide bonds. The maximum absolute atomic E-state index is 9.45. The highest BCUT2D eigenvalue weighted by Gasteiger charge is 2.11. The van der Waals surface area contributed by atoms with E-state index in [0.717, 1.165) is 22.6 Å². The zero-order valence-electron chi connectivity index (χ0n) is 11.3. The van der Waals surface area contributed by atoms with Gasteiger partial charge in [-0.05, 0) is 23.6 Å². The zero-order valence-corrected chi connectivity index (χ0v) is 12.1. The molecule has 0 spiro atoms. The largest absolute Gasteiger partial charge is 0.396 e. The molecule has 0 radical (unpaired) electrons. The summed E-state index contributed by atoms with van der Waals surface area (Å²) in [6.07, 6.45) is 0.727. The molecule has 0 bridgehead atoms. The summed E-state index contributed by atoms with van der Waals surface area (Å²) in [5.41, 5.74) is 2.19. The van der Waals surface area contributed by atoms with Crippen LogP contribution in [-0.4, -0.2) is 18.3 Å². The van der Waals surface area contributed by atoms with Gasteiger partial charge in [0.1, 0.15) is 0 Å². The first-order valence-corrected chi connectivity index (χ1v) is 7.13. The van der Waals surface area contributed by atoms with Gasteiger partial charge in [0.15, 0.2) is 0 Å². The number of halogens is 1. The Kier molecular flexibility index (Phi) is 6.06. The minimum atomic E-state index is 0.0682. The van der Waals surface area contributed by atoms with Gasteiger partial charge in [-0.25, -0.2) is 0 Å². The smallest absolute Gasteiger partial charge is 0.0717 e. The lowest BCUT2D eigenvalue weighted by molar-refractivity contribution is 0.0630. The topological polar surface area (TPSA) is 29.5 Å². The second-order valence-corrected chi connectivity index (χ2v) is 5.25. The van der Waals surface area contributed by atoms with Gasteiger partial charge in [0, 0.05) is 17.5 Å². The first-order valence-electron chi connectivity index (χ1n) is 6.75. The molecular weight excluding hydrogens is 272 g/mol. The Bertz CT molecular complexity index is 513. The van der Waals surface area contributed by atoms with Gasteiger partial charge < -0.3 is 9.84 Å². The third kappa shape index (κ3) is 4.64. The predicted octanol–water partition coefficient (Wildman–Crippen LogP) is 3.71. The molecule has 0 heterocycles. The van der Waals surface area contributed by atoms with Gasteiger partial charge in [-0.3, -0.25) is 0 Å². The van der Waals surface area contributed by atoms with Crippen LogP contribution in [-0.2, 0) is 17.8 Å². The summed E-state index contributed by atoms with van der Waals surface area (Å²) in [6, 6.07) is 17.8. The van der Waals surface area contributed by atoms with Crippen LogP contribution in [0.4, 0.5) is 0 Å². The molecule has 2 aromatic rings. The Hall–Kier alpha value is -1.35. The first kappa shape index (κ1) is 15.0. The lowest BCUT2D eigenvalue weighted by atomic mass is 10.0. The Morgan fingerprint density at radius 2 is 1.70 bits per heavy atom. The van der Waals surface area contributed by atoms with Gasteiger partial charge in [-0.1, -0.05) is 60.1 Å². The molecule has 20 heavy (non-hydrogen) atoms. The summed E-state index contributed by atoms with van der Waals surface area (Å²) in [5, 5.41) is 10.2. The van der Waals surface area contributed by atoms with Gasteiger partial charge in [-0.15, -0.1) is 0 Å². The Morgan fingerprint density at radius 3 is 2.40 bits per heavy atom. The van der Waals surface area contributed by atoms with Crippen molar-refractivity contribution in [2.45, 2.75) is 13.0 Å². The molecule has 106 valence electrons. The van der Waals surface area contributed by atoms with Crippen molar-refractivity contribution >= 4 is 11.6 Å². The normalized spacial score (nSPS) is 12.3. The third-order valence-electron chi connectivity index (χ3n) is 3.19. The average Bonchev–Trinajstić information content (AvgIpc) is 2.49. The summed E-state index contributed by atoms with van der Waals surface area (Å²) in [7, 11) is 0. The van der Waals surface area contributed by atoms with Crippen LogP contribution in [0.2, 0.25) is 5.02 Å². The summed E-state index contributed by atoms with van der Waals surface area (Å²) < 4.78 is 5.68. The summed E-state index contributed by atoms with van der Waals surface area (Å²) in [6.45, 7) is 1.19. The Balaban J connectivity index is 1.82. The second-order valence-electron chi connectivity index (χ2n) is 4.84. The zero-order chi connectivity index (χ0) is 14.2. The van der Waals surface area contributed by atoms with E-state index in [4.69, 9.17) is 16.3 Å². The molecule has 0 aliphatic rings. The van der Waals surface area contributed by atoms with E-state index in [-0.39, 0.29) is 12.5 Å². The highest BCUT2D eigenvalue weighted by molar-refractivity contribution is 6.31. The lowest BCUT2D eigenvalue weighted by Gasteiger charge is -2.15. The van der Waals surface area contributed by atoms with Gasteiger partial charge >= 0.3 is 0 Å². The van der Waals surface area contributed by atoms with Crippen LogP contribution < -0.4 is 0 Å². The van der Waals surface area contributed by atoms with Crippen molar-refractivity contribution in [3.8, 4) is 0 Å². The maximum atomic E-state index is 9.45. The van der Waals surface area contributed by atoms with Crippen molar-refractivity contribution in [1.82, 2.24) is 0 Å². The quantitative estimate of drug-likeness (QED) is 0.842. The molecule has 0 aromatic heterocycles. The van der Waals surface area contributed by atoms with E-state index in [2.05, 4.69) is 0 Å². The number of rotatable bonds is 7. The molecule has 0 saturated carbocycles. The molecule has 2 rings (SSSR count). The monoisotopic (exact) mass is 290 g/mol. The molecule has 1 N–H and O–H groups in total. The molecule has 3 heteroatoms. The molecule has 2 nitrogen and oxygen atoms in total. The molecular formula is C17H19ClO2. The van der Waals surface area contributed by atoms with Crippen LogP contribution in [0.15, 0.2) is 54.6 Å². The van der Waals surface area contributed by atoms with Gasteiger partial charge in [-0.2, -0.15) is 0 Å². The number of hydrogen-bond acceptors (Lipinski definition) is 2. The average molecular weight is 291 g/mol. The Morgan fingerprint density at radius 1 is 1.00 bits per heavy atom. The minimum absolute atomic E-state index is 0.0682. The number of ether oxygens (including phenoxy) is 1. The van der Waals surface area contributed by atoms with E-state index in [1.165, 1.54) is 0 Å². The number of benzene rings is 2. The fourth-order valence-corrected chi connectivity index (χ4v) is 2.28. The number of aliphatic hydroxyl groups is 1. The first-order chi connectivity index (χ1) is 9.79. The SMILES string of the molecule is OCC(COCc1ccccc1)Cc1ccccc1Cl. The van der Waals surface area contributed by atoms with Gasteiger partial charge in [0.2, 0.25) is 0 Å². The van der Waals surface area contributed by atoms with E-state index in [9.17, 15) is 5.11 Å². The lowest BCUT2D eigenvalue weighted by Crippen LogP contribution is -2.17. The Labute approximate surface area is 125 Å². The van der Waals surface area contributed by atoms with E-state index < -0.39 is 0 Å². The van der Waals surface area contributed by atoms with Crippen molar-refractivity contribution in [2.75, 3.05) is 13.2 Å². The van der Waals surface area contributed by atoms with Crippen molar-refractivity contribution < 1.29 is 9.84 Å². The van der Waals surface area contributed by atoms with E-state index in [1.807, 2.05) is 54.6 Å². The van der Waals surface area contributed by atoms with Gasteiger partial charge in [0.05, 0.1) is 13.2 Å². The van der Waals surface area contributed by atoms with Crippen molar-refractivity contribution in [3.63, 3.8) is 0 Å². The fourth-order valence-electron chi connectivity index (χ4n) is 2.07. The van der Waals surface area contributed by atoms with E-state index in [0.29, 0.717) is 13.2 Å². The molecule has 1 unspecified atom stereocenters. The van der Waals surface area contributed by atoms with E-state index >= 15 is 0 Å². The standard InChI is InChI=1S/C17H19ClO2/c18-17-9-5-4-8-16(17)10-15(11-19)13-20-12-14-6-2-1-3-7-14/h1-9,15,19H,10-13H2. The molecule has 0 aliphatic heterocycles. The minimum Gasteiger partial charge on any atom is -0.396 e. The molecule has 1 atom stereocenters. The molecule has 0 aliphatic carbocycles. The van der Waals surface area contributed by atoms with Crippen LogP contribution in [0.1, 0.15) is 11.1 Å². The summed E-state index contributed by atoms with van der Waals surface area (Å²) in [5.74, 6) is 0.0682. The highest BCUT2D eigenvalue weighted by Crippen LogP contribution is 2.19. The maximum Gasteiger partial charge on any atom is 0.0717 e. The predicted molar refractivity (Wildman–Crippen MR) is 81.8 cm³/mol. The van der Waals surface area contributed by atoms with Crippen LogP contribution in [0.25, 0.3) is 0 Å². The number of aliphatic hydroxyl groups excluding tert-OH is 1. The third-order valence-corrected chi connectivity index (χ3v) is 3.56. The molecule has 0 saturated heterocycles. The van der Waals surface area contributed by atoms with Crippen molar-refractivity contribution in [1.29, 1.82) is 0 Å². The van der Waals surface area contributed by atoms with Crippen LogP contribution >= 0.6 is 11.6 Å². The van der Waals surface area contributed by atoms with Crippen molar-refractivity contribution in [2.24, 2.45) is 5.92 Å². The fraction of sp³-hybridized carbons (Fsp3) is 0.294. The molecule has 2 aromatic carbocycles. The van der Waals surface area contributed by atoms with E-state index in [1.54, 1.807) is 0 Å². The second kappa shape index (κ2) is 8.05. The van der Waals surface area contributed by atoms with Crippen molar-refractivity contribution in [3.05, 3.63) is 70.7 Å². The van der Waals surface area contributed by atoms with Gasteiger partial charge in [0.25, 0.3) is 0 Å². The summed E-state index contributed by atoms with van der Waals surface area (Å²) in [4.78, 5) is 0. The summed E-state index contributed by atoms with van der Waals surface area (Å²) >= 11 is 6.13. The molecule has 0 fully saturated rings. The highest BCUT2D eigenvalue weighted by atomic mass is 35.5. The van der Waals surface area contributed by atoms with Crippen LogP contribution in [0, 0.1) is 5.92 Å². The van der Waals surface area contributed by atoms with Crippen LogP contribution in [0.5, 0.6) is 0 Å². The van der Waals surface area contributed by atoms with Crippen LogP contribution in [0.3, 0.4) is 0 Å².